The van der Waals surface area contributed by atoms with E-state index >= 15 is 0 Å². The highest BCUT2D eigenvalue weighted by Gasteiger charge is 2.22. The molecule has 2 aliphatic rings. The Balaban J connectivity index is 1.76. The molecule has 2 aromatic heterocycles. The third-order valence-electron chi connectivity index (χ3n) is 5.00. The number of hydrogen-bond donors (Lipinski definition) is 4. The fourth-order valence-corrected chi connectivity index (χ4v) is 3.45. The van der Waals surface area contributed by atoms with Crippen LogP contribution >= 0.6 is 0 Å². The van der Waals surface area contributed by atoms with Gasteiger partial charge in [-0.25, -0.2) is 15.0 Å². The molecule has 4 heterocycles. The van der Waals surface area contributed by atoms with E-state index in [0.29, 0.717) is 47.8 Å². The minimum absolute atomic E-state index is 0.204. The van der Waals surface area contributed by atoms with Crippen LogP contribution in [0.25, 0.3) is 11.3 Å². The zero-order valence-electron chi connectivity index (χ0n) is 15.7. The highest BCUT2D eigenvalue weighted by atomic mass is 16.5. The number of morpholine rings is 1. The van der Waals surface area contributed by atoms with Crippen molar-refractivity contribution >= 4 is 23.9 Å². The summed E-state index contributed by atoms with van der Waals surface area (Å²) in [5.41, 5.74) is 7.60. The standard InChI is InChI=1S/C18H25N9O/c19-9-14-15(12-10-22-17(20)23-11-12)25-18(27-5-7-28-8-6-27)26-16(14)24-13-1-3-21-4-2-13/h9-11,13,19,21H,1-8H2,(H2,20,22,23)(H,24,25,26). The lowest BCUT2D eigenvalue weighted by Crippen LogP contribution is -2.38. The van der Waals surface area contributed by atoms with E-state index < -0.39 is 0 Å². The Morgan fingerprint density at radius 1 is 1.18 bits per heavy atom. The molecule has 0 spiro atoms. The van der Waals surface area contributed by atoms with Gasteiger partial charge in [0, 0.05) is 43.3 Å². The van der Waals surface area contributed by atoms with Gasteiger partial charge < -0.3 is 31.4 Å². The zero-order valence-corrected chi connectivity index (χ0v) is 15.7. The van der Waals surface area contributed by atoms with E-state index in [1.807, 2.05) is 0 Å². The maximum atomic E-state index is 7.99. The number of aromatic nitrogens is 4. The normalized spacial score (nSPS) is 18.1. The molecule has 0 atom stereocenters. The summed E-state index contributed by atoms with van der Waals surface area (Å²) >= 11 is 0. The number of nitrogens with zero attached hydrogens (tertiary/aromatic N) is 5. The van der Waals surface area contributed by atoms with Crippen LogP contribution in [0, 0.1) is 5.41 Å². The Labute approximate surface area is 163 Å². The van der Waals surface area contributed by atoms with E-state index in [2.05, 4.69) is 25.5 Å². The molecule has 148 valence electrons. The van der Waals surface area contributed by atoms with Crippen LogP contribution in [0.4, 0.5) is 17.7 Å². The van der Waals surface area contributed by atoms with E-state index in [-0.39, 0.29) is 5.95 Å². The lowest BCUT2D eigenvalue weighted by molar-refractivity contribution is 0.122. The number of nitrogens with two attached hydrogens (primary N) is 1. The van der Waals surface area contributed by atoms with Crippen molar-refractivity contribution in [2.75, 3.05) is 55.3 Å². The quantitative estimate of drug-likeness (QED) is 0.544. The lowest BCUT2D eigenvalue weighted by Gasteiger charge is -2.29. The summed E-state index contributed by atoms with van der Waals surface area (Å²) < 4.78 is 5.46. The summed E-state index contributed by atoms with van der Waals surface area (Å²) in [5, 5.41) is 14.9. The molecule has 0 radical (unpaired) electrons. The fourth-order valence-electron chi connectivity index (χ4n) is 3.45. The van der Waals surface area contributed by atoms with Crippen LogP contribution in [0.1, 0.15) is 18.4 Å². The zero-order chi connectivity index (χ0) is 19.3. The van der Waals surface area contributed by atoms with Crippen LogP contribution in [0.15, 0.2) is 12.4 Å². The van der Waals surface area contributed by atoms with Crippen LogP contribution in [0.3, 0.4) is 0 Å². The molecule has 0 bridgehead atoms. The van der Waals surface area contributed by atoms with Gasteiger partial charge in [-0.2, -0.15) is 4.98 Å². The molecule has 10 heteroatoms. The number of piperidine rings is 1. The van der Waals surface area contributed by atoms with Gasteiger partial charge in [-0.3, -0.25) is 0 Å². The second-order valence-electron chi connectivity index (χ2n) is 6.88. The number of rotatable bonds is 5. The van der Waals surface area contributed by atoms with Crippen molar-refractivity contribution in [2.45, 2.75) is 18.9 Å². The molecule has 2 aliphatic heterocycles. The van der Waals surface area contributed by atoms with Crippen molar-refractivity contribution in [1.82, 2.24) is 25.3 Å². The highest BCUT2D eigenvalue weighted by molar-refractivity contribution is 5.93. The van der Waals surface area contributed by atoms with E-state index in [4.69, 9.17) is 25.8 Å². The lowest BCUT2D eigenvalue weighted by atomic mass is 10.1. The molecule has 5 N–H and O–H groups in total. The molecule has 2 aromatic rings. The van der Waals surface area contributed by atoms with Gasteiger partial charge in [0.25, 0.3) is 0 Å². The monoisotopic (exact) mass is 383 g/mol. The van der Waals surface area contributed by atoms with Crippen LogP contribution in [-0.4, -0.2) is 71.6 Å². The van der Waals surface area contributed by atoms with Crippen LogP contribution in [0.2, 0.25) is 0 Å². The maximum absolute atomic E-state index is 7.99. The summed E-state index contributed by atoms with van der Waals surface area (Å²) in [5.74, 6) is 1.50. The average Bonchev–Trinajstić information content (AvgIpc) is 2.75. The smallest absolute Gasteiger partial charge is 0.228 e. The van der Waals surface area contributed by atoms with Gasteiger partial charge >= 0.3 is 0 Å². The Morgan fingerprint density at radius 2 is 1.89 bits per heavy atom. The molecule has 4 rings (SSSR count). The van der Waals surface area contributed by atoms with Crippen molar-refractivity contribution in [2.24, 2.45) is 0 Å². The molecule has 2 fully saturated rings. The minimum Gasteiger partial charge on any atom is -0.378 e. The third kappa shape index (κ3) is 4.02. The Morgan fingerprint density at radius 3 is 2.57 bits per heavy atom. The topological polar surface area (TPSA) is 138 Å². The summed E-state index contributed by atoms with van der Waals surface area (Å²) in [6.07, 6.45) is 6.58. The summed E-state index contributed by atoms with van der Waals surface area (Å²) in [4.78, 5) is 19.8. The first kappa shape index (κ1) is 18.5. The average molecular weight is 383 g/mol. The molecule has 0 aromatic carbocycles. The van der Waals surface area contributed by atoms with Gasteiger partial charge in [0.2, 0.25) is 11.9 Å². The molecular weight excluding hydrogens is 358 g/mol. The van der Waals surface area contributed by atoms with E-state index in [1.54, 1.807) is 12.4 Å². The molecular formula is C18H25N9O. The first-order valence-corrected chi connectivity index (χ1v) is 9.55. The van der Waals surface area contributed by atoms with E-state index in [1.165, 1.54) is 6.21 Å². The molecule has 28 heavy (non-hydrogen) atoms. The van der Waals surface area contributed by atoms with Crippen LogP contribution < -0.4 is 21.3 Å². The van der Waals surface area contributed by atoms with Gasteiger partial charge in [0.1, 0.15) is 5.82 Å². The Kier molecular flexibility index (Phi) is 5.58. The Bertz CT molecular complexity index is 815. The first-order chi connectivity index (χ1) is 13.7. The number of ether oxygens (including phenoxy) is 1. The molecule has 0 unspecified atom stereocenters. The van der Waals surface area contributed by atoms with Gasteiger partial charge in [0.15, 0.2) is 0 Å². The SMILES string of the molecule is N=Cc1c(NC2CCNCC2)nc(N2CCOCC2)nc1-c1cnc(N)nc1. The maximum Gasteiger partial charge on any atom is 0.228 e. The van der Waals surface area contributed by atoms with Gasteiger partial charge in [-0.1, -0.05) is 0 Å². The number of anilines is 3. The van der Waals surface area contributed by atoms with Crippen molar-refractivity contribution in [3.8, 4) is 11.3 Å². The Hall–Kier alpha value is -2.85. The molecule has 0 aliphatic carbocycles. The summed E-state index contributed by atoms with van der Waals surface area (Å²) in [6, 6.07) is 0.308. The predicted molar refractivity (Wildman–Crippen MR) is 108 cm³/mol. The minimum atomic E-state index is 0.204. The van der Waals surface area contributed by atoms with Crippen LogP contribution in [-0.2, 0) is 4.74 Å². The fraction of sp³-hybridized carbons (Fsp3) is 0.500. The third-order valence-corrected chi connectivity index (χ3v) is 5.00. The molecule has 0 saturated carbocycles. The summed E-state index contributed by atoms with van der Waals surface area (Å²) in [6.45, 7) is 4.69. The van der Waals surface area contributed by atoms with E-state index in [9.17, 15) is 0 Å². The second kappa shape index (κ2) is 8.44. The van der Waals surface area contributed by atoms with Gasteiger partial charge in [-0.05, 0) is 25.9 Å². The number of nitrogens with one attached hydrogen (secondary N) is 3. The largest absolute Gasteiger partial charge is 0.378 e. The molecule has 10 nitrogen and oxygen atoms in total. The van der Waals surface area contributed by atoms with Crippen LogP contribution in [0.5, 0.6) is 0 Å². The first-order valence-electron chi connectivity index (χ1n) is 9.55. The highest BCUT2D eigenvalue weighted by Crippen LogP contribution is 2.28. The van der Waals surface area contributed by atoms with E-state index in [0.717, 1.165) is 39.0 Å². The molecule has 2 saturated heterocycles. The van der Waals surface area contributed by atoms with Crippen molar-refractivity contribution in [1.29, 1.82) is 5.41 Å². The van der Waals surface area contributed by atoms with Gasteiger partial charge in [-0.15, -0.1) is 0 Å². The molecule has 0 amide bonds. The number of hydrogen-bond acceptors (Lipinski definition) is 10. The van der Waals surface area contributed by atoms with Crippen molar-refractivity contribution in [3.05, 3.63) is 18.0 Å². The van der Waals surface area contributed by atoms with Crippen molar-refractivity contribution < 1.29 is 4.74 Å². The summed E-state index contributed by atoms with van der Waals surface area (Å²) in [7, 11) is 0. The van der Waals surface area contributed by atoms with Gasteiger partial charge in [0.05, 0.1) is 24.5 Å². The predicted octanol–water partition coefficient (Wildman–Crippen LogP) is 0.514. The van der Waals surface area contributed by atoms with Crippen molar-refractivity contribution in [3.63, 3.8) is 0 Å². The number of nitrogen functional groups attached to an aromatic ring is 1. The second-order valence-corrected chi connectivity index (χ2v) is 6.88.